The molecule has 57 heavy (non-hydrogen) atoms. The Morgan fingerprint density at radius 1 is 0.947 bits per heavy atom. The molecule has 5 fully saturated rings. The first-order valence-electron chi connectivity index (χ1n) is 22.1. The first-order chi connectivity index (χ1) is 26.7. The van der Waals surface area contributed by atoms with Gasteiger partial charge in [0.15, 0.2) is 11.6 Å². The van der Waals surface area contributed by atoms with Gasteiger partial charge in [0, 0.05) is 59.5 Å². The van der Waals surface area contributed by atoms with Crippen LogP contribution in [0, 0.1) is 35.5 Å². The van der Waals surface area contributed by atoms with Crippen molar-refractivity contribution in [1.29, 1.82) is 0 Å². The minimum absolute atomic E-state index is 0.0961. The molecule has 5 aliphatic heterocycles. The van der Waals surface area contributed by atoms with Crippen LogP contribution in [-0.2, 0) is 52.2 Å². The Morgan fingerprint density at radius 2 is 1.67 bits per heavy atom. The van der Waals surface area contributed by atoms with Gasteiger partial charge in [0.25, 0.3) is 0 Å². The van der Waals surface area contributed by atoms with Crippen LogP contribution in [0.1, 0.15) is 107 Å². The summed E-state index contributed by atoms with van der Waals surface area (Å²) in [5.41, 5.74) is -1.07. The minimum atomic E-state index is -1.18. The largest absolute Gasteiger partial charge is 0.469 e. The van der Waals surface area contributed by atoms with Gasteiger partial charge in [-0.05, 0) is 70.3 Å². The maximum atomic E-state index is 12.5. The van der Waals surface area contributed by atoms with E-state index in [9.17, 15) is 9.90 Å². The summed E-state index contributed by atoms with van der Waals surface area (Å²) < 4.78 is 64.2. The van der Waals surface area contributed by atoms with Crippen LogP contribution in [-0.4, -0.2) is 126 Å². The predicted molar refractivity (Wildman–Crippen MR) is 219 cm³/mol. The van der Waals surface area contributed by atoms with E-state index >= 15 is 0 Å². The SMILES string of the molecule is CC[C@@]1([C@@H]2O[C@@H]([C@H]3O[C@](COCOCC[Si](C)(C)C)(OC)[C@H](C)C[C@@H]3C)C[C@@H]2C)CC[C@H]([C@]2(C)CC[C@]3(C[C@H](O)[C@@H](C)[C@@H]([C@@H](C)[C@@H](OC)[C@H](C)C(=O)OC)O3)O2)O1. The molecule has 17 atom stereocenters. The van der Waals surface area contributed by atoms with Crippen LogP contribution in [0.5, 0.6) is 0 Å². The maximum absolute atomic E-state index is 12.5. The quantitative estimate of drug-likeness (QED) is 0.0681. The number of carbonyl (C=O) groups excluding carboxylic acids is 1. The topological polar surface area (TPSA) is 130 Å². The van der Waals surface area contributed by atoms with E-state index in [-0.39, 0.29) is 72.9 Å². The van der Waals surface area contributed by atoms with E-state index in [1.165, 1.54) is 7.11 Å². The number of aliphatic hydroxyl groups is 1. The van der Waals surface area contributed by atoms with Crippen molar-refractivity contribution in [2.75, 3.05) is 41.3 Å². The van der Waals surface area contributed by atoms with Crippen molar-refractivity contribution in [3.63, 3.8) is 0 Å². The monoisotopic (exact) mass is 829 g/mol. The standard InChI is InChI=1S/C44H80O12Si/c1-15-42(39-28(3)23-34(52-39)36-27(2)22-29(4)44(49-11,55-36)25-51-26-50-20-21-57(12,13)14)17-16-35(53-42)41(8)18-19-43(56-41)24-33(45)30(5)38(54-43)31(6)37(47-9)32(7)40(46)48-10/h27-39,45H,15-26H2,1-14H3/t27-,28-,29+,30+,31-,32-,33-,34+,35+,36-,37+,38-,39+,41-,42-,43+,44-/m0/s1. The molecule has 12 nitrogen and oxygen atoms in total. The fraction of sp³-hybridized carbons (Fsp3) is 0.977. The number of aliphatic hydroxyl groups excluding tert-OH is 1. The number of carbonyl (C=O) groups is 1. The summed E-state index contributed by atoms with van der Waals surface area (Å²) in [5.74, 6) is -2.35. The molecule has 5 heterocycles. The van der Waals surface area contributed by atoms with E-state index in [2.05, 4.69) is 54.3 Å². The summed E-state index contributed by atoms with van der Waals surface area (Å²) in [6.07, 6.45) is 4.15. The van der Waals surface area contributed by atoms with Gasteiger partial charge in [0.05, 0.1) is 67.0 Å². The average Bonchev–Trinajstić information content (AvgIpc) is 3.88. The van der Waals surface area contributed by atoms with Gasteiger partial charge >= 0.3 is 5.97 Å². The maximum Gasteiger partial charge on any atom is 0.311 e. The van der Waals surface area contributed by atoms with Crippen molar-refractivity contribution in [2.24, 2.45) is 35.5 Å². The smallest absolute Gasteiger partial charge is 0.311 e. The number of esters is 1. The molecule has 0 amide bonds. The Hall–Kier alpha value is -0.713. The van der Waals surface area contributed by atoms with Gasteiger partial charge < -0.3 is 52.5 Å². The van der Waals surface area contributed by atoms with Crippen LogP contribution >= 0.6 is 0 Å². The molecule has 0 unspecified atom stereocenters. The lowest BCUT2D eigenvalue weighted by atomic mass is 9.78. The van der Waals surface area contributed by atoms with Crippen molar-refractivity contribution >= 4 is 14.0 Å². The van der Waals surface area contributed by atoms with Crippen LogP contribution in [0.2, 0.25) is 25.7 Å². The highest BCUT2D eigenvalue weighted by Crippen LogP contribution is 2.55. The van der Waals surface area contributed by atoms with Gasteiger partial charge in [-0.1, -0.05) is 61.2 Å². The Labute approximate surface area is 345 Å². The third-order valence-electron chi connectivity index (χ3n) is 14.8. The molecule has 5 saturated heterocycles. The third-order valence-corrected chi connectivity index (χ3v) is 16.5. The second-order valence-electron chi connectivity index (χ2n) is 20.2. The average molecular weight is 829 g/mol. The number of hydrogen-bond donors (Lipinski definition) is 1. The number of rotatable bonds is 17. The number of hydrogen-bond acceptors (Lipinski definition) is 12. The molecule has 0 aromatic heterocycles. The Bertz CT molecular complexity index is 1320. The molecule has 332 valence electrons. The molecule has 0 aromatic rings. The zero-order valence-corrected chi connectivity index (χ0v) is 38.9. The lowest BCUT2D eigenvalue weighted by Crippen LogP contribution is -2.57. The number of ether oxygens (including phenoxy) is 10. The van der Waals surface area contributed by atoms with Crippen molar-refractivity contribution in [3.05, 3.63) is 0 Å². The van der Waals surface area contributed by atoms with Crippen molar-refractivity contribution < 1.29 is 57.3 Å². The zero-order chi connectivity index (χ0) is 42.1. The highest BCUT2D eigenvalue weighted by molar-refractivity contribution is 6.76. The second kappa shape index (κ2) is 18.7. The summed E-state index contributed by atoms with van der Waals surface area (Å²) in [5, 5.41) is 11.4. The van der Waals surface area contributed by atoms with Crippen LogP contribution in [0.15, 0.2) is 0 Å². The molecular formula is C44H80O12Si. The molecule has 0 radical (unpaired) electrons. The molecule has 5 aliphatic rings. The zero-order valence-electron chi connectivity index (χ0n) is 37.9. The lowest BCUT2D eigenvalue weighted by molar-refractivity contribution is -0.341. The summed E-state index contributed by atoms with van der Waals surface area (Å²) in [6, 6.07) is 1.10. The second-order valence-corrected chi connectivity index (χ2v) is 25.8. The van der Waals surface area contributed by atoms with Gasteiger partial charge in [0.1, 0.15) is 13.4 Å². The molecule has 0 saturated carbocycles. The fourth-order valence-electron chi connectivity index (χ4n) is 11.1. The normalized spacial score (nSPS) is 44.3. The number of methoxy groups -OCH3 is 3. The molecule has 0 bridgehead atoms. The van der Waals surface area contributed by atoms with E-state index < -0.39 is 49.0 Å². The Balaban J connectivity index is 1.24. The lowest BCUT2D eigenvalue weighted by Gasteiger charge is -2.49. The van der Waals surface area contributed by atoms with Crippen molar-refractivity contribution in [3.8, 4) is 0 Å². The molecule has 1 N–H and O–H groups in total. The van der Waals surface area contributed by atoms with Crippen LogP contribution < -0.4 is 0 Å². The molecule has 0 aliphatic carbocycles. The first kappa shape index (κ1) is 47.3. The first-order valence-corrected chi connectivity index (χ1v) is 25.8. The minimum Gasteiger partial charge on any atom is -0.469 e. The molecule has 5 rings (SSSR count). The summed E-state index contributed by atoms with van der Waals surface area (Å²) in [4.78, 5) is 12.5. The van der Waals surface area contributed by atoms with Gasteiger partial charge in [-0.25, -0.2) is 0 Å². The van der Waals surface area contributed by atoms with Gasteiger partial charge in [-0.3, -0.25) is 4.79 Å². The van der Waals surface area contributed by atoms with E-state index in [4.69, 9.17) is 47.4 Å². The summed E-state index contributed by atoms with van der Waals surface area (Å²) >= 11 is 0. The highest BCUT2D eigenvalue weighted by atomic mass is 28.3. The molecule has 13 heteroatoms. The van der Waals surface area contributed by atoms with E-state index in [0.29, 0.717) is 26.1 Å². The van der Waals surface area contributed by atoms with Gasteiger partial charge in [0.2, 0.25) is 0 Å². The van der Waals surface area contributed by atoms with E-state index in [0.717, 1.165) is 44.6 Å². The fourth-order valence-corrected chi connectivity index (χ4v) is 11.8. The Kier molecular flexibility index (Phi) is 15.5. The van der Waals surface area contributed by atoms with Crippen LogP contribution in [0.25, 0.3) is 0 Å². The predicted octanol–water partition coefficient (Wildman–Crippen LogP) is 7.35. The molecular weight excluding hydrogens is 749 g/mol. The van der Waals surface area contributed by atoms with Gasteiger partial charge in [-0.15, -0.1) is 0 Å². The van der Waals surface area contributed by atoms with Crippen molar-refractivity contribution in [2.45, 2.75) is 198 Å². The summed E-state index contributed by atoms with van der Waals surface area (Å²) in [6.45, 7) is 25.2. The van der Waals surface area contributed by atoms with Crippen LogP contribution in [0.4, 0.5) is 0 Å². The highest BCUT2D eigenvalue weighted by Gasteiger charge is 2.62. The molecule has 1 spiro atoms. The van der Waals surface area contributed by atoms with Crippen molar-refractivity contribution in [1.82, 2.24) is 0 Å². The van der Waals surface area contributed by atoms with E-state index in [1.54, 1.807) is 14.2 Å². The molecule has 0 aromatic carbocycles. The van der Waals surface area contributed by atoms with E-state index in [1.807, 2.05) is 20.8 Å². The Morgan fingerprint density at radius 3 is 2.30 bits per heavy atom. The summed E-state index contributed by atoms with van der Waals surface area (Å²) in [7, 11) is 3.54. The van der Waals surface area contributed by atoms with Gasteiger partial charge in [-0.2, -0.15) is 0 Å². The third kappa shape index (κ3) is 10.0. The van der Waals surface area contributed by atoms with Crippen LogP contribution in [0.3, 0.4) is 0 Å².